The summed E-state index contributed by atoms with van der Waals surface area (Å²) in [6, 6.07) is 0.129. The Morgan fingerprint density at radius 3 is 2.92 bits per heavy atom. The van der Waals surface area contributed by atoms with Crippen molar-refractivity contribution in [2.75, 3.05) is 0 Å². The normalized spacial score (nSPS) is 13.3. The molecule has 3 nitrogen and oxygen atoms in total. The molecule has 1 aromatic heterocycles. The number of hydrogen-bond donors (Lipinski definition) is 1. The molecule has 1 rings (SSSR count). The van der Waals surface area contributed by atoms with Crippen molar-refractivity contribution in [1.82, 2.24) is 9.55 Å². The zero-order chi connectivity index (χ0) is 9.14. The zero-order valence-electron chi connectivity index (χ0n) is 7.42. The fourth-order valence-corrected chi connectivity index (χ4v) is 1.39. The lowest BCUT2D eigenvalue weighted by atomic mass is 10.2. The molecule has 0 saturated heterocycles. The van der Waals surface area contributed by atoms with Gasteiger partial charge in [0.1, 0.15) is 5.15 Å². The lowest BCUT2D eigenvalue weighted by Crippen LogP contribution is -2.19. The van der Waals surface area contributed by atoms with Crippen molar-refractivity contribution in [3.8, 4) is 0 Å². The van der Waals surface area contributed by atoms with Gasteiger partial charge in [0.05, 0.1) is 12.0 Å². The summed E-state index contributed by atoms with van der Waals surface area (Å²) >= 11 is 5.88. The van der Waals surface area contributed by atoms with E-state index in [1.165, 1.54) is 0 Å². The minimum Gasteiger partial charge on any atom is -0.333 e. The molecule has 12 heavy (non-hydrogen) atoms. The third-order valence-corrected chi connectivity index (χ3v) is 2.07. The molecule has 4 heteroatoms. The van der Waals surface area contributed by atoms with Gasteiger partial charge in [-0.25, -0.2) is 4.98 Å². The van der Waals surface area contributed by atoms with Crippen LogP contribution in [0.5, 0.6) is 0 Å². The summed E-state index contributed by atoms with van der Waals surface area (Å²) in [7, 11) is 0. The highest BCUT2D eigenvalue weighted by molar-refractivity contribution is 6.30. The predicted octanol–water partition coefficient (Wildman–Crippen LogP) is 1.45. The number of nitrogens with zero attached hydrogens (tertiary/aromatic N) is 2. The van der Waals surface area contributed by atoms with Crippen molar-refractivity contribution in [2.45, 2.75) is 32.9 Å². The second-order valence-corrected chi connectivity index (χ2v) is 3.31. The molecule has 0 aliphatic heterocycles. The van der Waals surface area contributed by atoms with Crippen LogP contribution < -0.4 is 5.73 Å². The maximum absolute atomic E-state index is 5.88. The minimum absolute atomic E-state index is 0.129. The summed E-state index contributed by atoms with van der Waals surface area (Å²) in [5.74, 6) is 0. The molecule has 1 heterocycles. The molecular formula is C8H14ClN3. The van der Waals surface area contributed by atoms with Crippen LogP contribution in [0.1, 0.15) is 19.5 Å². The van der Waals surface area contributed by atoms with Gasteiger partial charge in [0, 0.05) is 19.0 Å². The van der Waals surface area contributed by atoms with E-state index in [9.17, 15) is 0 Å². The molecule has 1 aromatic rings. The molecule has 0 spiro atoms. The molecule has 0 bridgehead atoms. The SMILES string of the molecule is CCn1cnc(Cl)c1C[C@@H](C)N. The molecule has 2 N–H and O–H groups in total. The van der Waals surface area contributed by atoms with Crippen molar-refractivity contribution < 1.29 is 0 Å². The Labute approximate surface area is 77.5 Å². The van der Waals surface area contributed by atoms with E-state index in [-0.39, 0.29) is 6.04 Å². The van der Waals surface area contributed by atoms with Crippen molar-refractivity contribution in [2.24, 2.45) is 5.73 Å². The topological polar surface area (TPSA) is 43.8 Å². The van der Waals surface area contributed by atoms with Gasteiger partial charge in [-0.2, -0.15) is 0 Å². The highest BCUT2D eigenvalue weighted by Gasteiger charge is 2.09. The van der Waals surface area contributed by atoms with Crippen LogP contribution >= 0.6 is 11.6 Å². The Kier molecular flexibility index (Phi) is 3.12. The van der Waals surface area contributed by atoms with Crippen molar-refractivity contribution in [3.05, 3.63) is 17.2 Å². The van der Waals surface area contributed by atoms with Gasteiger partial charge in [-0.05, 0) is 13.8 Å². The zero-order valence-corrected chi connectivity index (χ0v) is 8.17. The Morgan fingerprint density at radius 2 is 2.42 bits per heavy atom. The quantitative estimate of drug-likeness (QED) is 0.779. The number of aryl methyl sites for hydroxylation is 1. The van der Waals surface area contributed by atoms with E-state index < -0.39 is 0 Å². The highest BCUT2D eigenvalue weighted by Crippen LogP contribution is 2.14. The smallest absolute Gasteiger partial charge is 0.150 e. The molecule has 0 saturated carbocycles. The second-order valence-electron chi connectivity index (χ2n) is 2.95. The fraction of sp³-hybridized carbons (Fsp3) is 0.625. The number of rotatable bonds is 3. The average molecular weight is 188 g/mol. The number of imidazole rings is 1. The number of aromatic nitrogens is 2. The average Bonchev–Trinajstić information content (AvgIpc) is 2.32. The molecule has 0 radical (unpaired) electrons. The summed E-state index contributed by atoms with van der Waals surface area (Å²) in [6.45, 7) is 4.91. The minimum atomic E-state index is 0.129. The van der Waals surface area contributed by atoms with E-state index in [0.29, 0.717) is 5.15 Å². The summed E-state index contributed by atoms with van der Waals surface area (Å²) < 4.78 is 2.02. The third kappa shape index (κ3) is 1.99. The summed E-state index contributed by atoms with van der Waals surface area (Å²) in [5, 5.41) is 0.578. The first kappa shape index (κ1) is 9.55. The molecule has 1 atom stereocenters. The maximum atomic E-state index is 5.88. The van der Waals surface area contributed by atoms with Crippen LogP contribution in [0.2, 0.25) is 5.15 Å². The third-order valence-electron chi connectivity index (χ3n) is 1.75. The Morgan fingerprint density at radius 1 is 1.75 bits per heavy atom. The summed E-state index contributed by atoms with van der Waals surface area (Å²) in [5.41, 5.74) is 6.71. The van der Waals surface area contributed by atoms with Gasteiger partial charge in [0.2, 0.25) is 0 Å². The highest BCUT2D eigenvalue weighted by atomic mass is 35.5. The van der Waals surface area contributed by atoms with Crippen molar-refractivity contribution in [1.29, 1.82) is 0 Å². The molecule has 0 unspecified atom stereocenters. The van der Waals surface area contributed by atoms with E-state index in [0.717, 1.165) is 18.7 Å². The molecule has 0 aliphatic rings. The van der Waals surface area contributed by atoms with E-state index in [1.54, 1.807) is 6.33 Å². The second kappa shape index (κ2) is 3.92. The standard InChI is InChI=1S/C8H14ClN3/c1-3-12-5-11-8(9)7(12)4-6(2)10/h5-6H,3-4,10H2,1-2H3/t6-/m1/s1. The summed E-state index contributed by atoms with van der Waals surface area (Å²) in [4.78, 5) is 4.01. The molecule has 0 fully saturated rings. The van der Waals surface area contributed by atoms with Crippen LogP contribution in [0.4, 0.5) is 0 Å². The lowest BCUT2D eigenvalue weighted by Gasteiger charge is -2.07. The molecule has 68 valence electrons. The number of halogens is 1. The van der Waals surface area contributed by atoms with Crippen LogP contribution in [0, 0.1) is 0 Å². The van der Waals surface area contributed by atoms with Crippen LogP contribution in [0.3, 0.4) is 0 Å². The number of nitrogens with two attached hydrogens (primary N) is 1. The molecular weight excluding hydrogens is 174 g/mol. The van der Waals surface area contributed by atoms with E-state index in [2.05, 4.69) is 11.9 Å². The van der Waals surface area contributed by atoms with Gasteiger partial charge in [-0.3, -0.25) is 0 Å². The fourth-order valence-electron chi connectivity index (χ4n) is 1.16. The maximum Gasteiger partial charge on any atom is 0.150 e. The van der Waals surface area contributed by atoms with Crippen LogP contribution in [0.25, 0.3) is 0 Å². The largest absolute Gasteiger partial charge is 0.333 e. The van der Waals surface area contributed by atoms with Gasteiger partial charge < -0.3 is 10.3 Å². The van der Waals surface area contributed by atoms with E-state index in [4.69, 9.17) is 17.3 Å². The van der Waals surface area contributed by atoms with Gasteiger partial charge in [-0.1, -0.05) is 11.6 Å². The lowest BCUT2D eigenvalue weighted by molar-refractivity contribution is 0.653. The Hall–Kier alpha value is -0.540. The van der Waals surface area contributed by atoms with Gasteiger partial charge in [0.15, 0.2) is 0 Å². The first-order valence-electron chi connectivity index (χ1n) is 4.10. The van der Waals surface area contributed by atoms with Gasteiger partial charge >= 0.3 is 0 Å². The molecule has 0 aromatic carbocycles. The van der Waals surface area contributed by atoms with Crippen LogP contribution in [-0.4, -0.2) is 15.6 Å². The van der Waals surface area contributed by atoms with Crippen LogP contribution in [0.15, 0.2) is 6.33 Å². The van der Waals surface area contributed by atoms with Crippen molar-refractivity contribution >= 4 is 11.6 Å². The number of hydrogen-bond acceptors (Lipinski definition) is 2. The van der Waals surface area contributed by atoms with Gasteiger partial charge in [-0.15, -0.1) is 0 Å². The first-order valence-corrected chi connectivity index (χ1v) is 4.48. The summed E-state index contributed by atoms with van der Waals surface area (Å²) in [6.07, 6.45) is 2.53. The van der Waals surface area contributed by atoms with E-state index in [1.807, 2.05) is 11.5 Å². The Bertz CT molecular complexity index is 255. The van der Waals surface area contributed by atoms with E-state index >= 15 is 0 Å². The molecule has 0 amide bonds. The van der Waals surface area contributed by atoms with Gasteiger partial charge in [0.25, 0.3) is 0 Å². The first-order chi connectivity index (χ1) is 5.65. The van der Waals surface area contributed by atoms with Crippen molar-refractivity contribution in [3.63, 3.8) is 0 Å². The Balaban J connectivity index is 2.86. The predicted molar refractivity (Wildman–Crippen MR) is 50.3 cm³/mol. The monoisotopic (exact) mass is 187 g/mol. The molecule has 0 aliphatic carbocycles. The van der Waals surface area contributed by atoms with Crippen LogP contribution in [-0.2, 0) is 13.0 Å².